The zero-order chi connectivity index (χ0) is 11.0. The predicted molar refractivity (Wildman–Crippen MR) is 62.5 cm³/mol. The molecule has 0 aliphatic rings. The van der Waals surface area contributed by atoms with Crippen molar-refractivity contribution in [3.8, 4) is 11.1 Å². The first-order valence-corrected chi connectivity index (χ1v) is 4.96. The molecule has 1 heterocycles. The summed E-state index contributed by atoms with van der Waals surface area (Å²) in [7, 11) is 1.91. The molecule has 0 amide bonds. The van der Waals surface area contributed by atoms with Crippen LogP contribution in [-0.2, 0) is 7.05 Å². The van der Waals surface area contributed by atoms with Crippen molar-refractivity contribution >= 4 is 5.82 Å². The molecule has 3 nitrogen and oxygen atoms in total. The van der Waals surface area contributed by atoms with E-state index in [1.807, 2.05) is 30.8 Å². The van der Waals surface area contributed by atoms with Crippen LogP contribution in [0.5, 0.6) is 0 Å². The van der Waals surface area contributed by atoms with Crippen LogP contribution in [0.2, 0.25) is 0 Å². The fourth-order valence-electron chi connectivity index (χ4n) is 1.82. The maximum atomic E-state index is 5.91. The molecule has 3 heteroatoms. The number of aryl methyl sites for hydroxylation is 2. The summed E-state index contributed by atoms with van der Waals surface area (Å²) in [6.45, 7) is 4.12. The van der Waals surface area contributed by atoms with Crippen LogP contribution in [0.25, 0.3) is 11.1 Å². The van der Waals surface area contributed by atoms with Gasteiger partial charge < -0.3 is 5.73 Å². The van der Waals surface area contributed by atoms with Crippen LogP contribution in [0.1, 0.15) is 11.3 Å². The Morgan fingerprint density at radius 1 is 1.20 bits per heavy atom. The van der Waals surface area contributed by atoms with E-state index >= 15 is 0 Å². The number of aromatic nitrogens is 2. The van der Waals surface area contributed by atoms with Gasteiger partial charge in [-0.2, -0.15) is 5.10 Å². The number of hydrogen-bond donors (Lipinski definition) is 1. The largest absolute Gasteiger partial charge is 0.382 e. The Kier molecular flexibility index (Phi) is 2.23. The van der Waals surface area contributed by atoms with Crippen LogP contribution >= 0.6 is 0 Å². The van der Waals surface area contributed by atoms with Gasteiger partial charge >= 0.3 is 0 Å². The summed E-state index contributed by atoms with van der Waals surface area (Å²) in [5.41, 5.74) is 10.5. The SMILES string of the molecule is Cc1ccccc1-c1c(N)nn(C)c1C. The van der Waals surface area contributed by atoms with Crippen molar-refractivity contribution in [1.82, 2.24) is 9.78 Å². The average molecular weight is 201 g/mol. The maximum absolute atomic E-state index is 5.91. The second-order valence-electron chi connectivity index (χ2n) is 3.78. The van der Waals surface area contributed by atoms with E-state index in [0.717, 1.165) is 11.3 Å². The van der Waals surface area contributed by atoms with E-state index in [-0.39, 0.29) is 0 Å². The average Bonchev–Trinajstić information content (AvgIpc) is 2.43. The summed E-state index contributed by atoms with van der Waals surface area (Å²) in [5.74, 6) is 0.601. The van der Waals surface area contributed by atoms with Crippen molar-refractivity contribution in [2.75, 3.05) is 5.73 Å². The molecule has 0 spiro atoms. The third kappa shape index (κ3) is 1.50. The molecule has 0 saturated heterocycles. The Balaban J connectivity index is 2.69. The van der Waals surface area contributed by atoms with Crippen LogP contribution in [0.3, 0.4) is 0 Å². The van der Waals surface area contributed by atoms with Gasteiger partial charge in [-0.1, -0.05) is 24.3 Å². The summed E-state index contributed by atoms with van der Waals surface area (Å²) in [6.07, 6.45) is 0. The van der Waals surface area contributed by atoms with Gasteiger partial charge in [-0.05, 0) is 25.0 Å². The van der Waals surface area contributed by atoms with Gasteiger partial charge in [-0.15, -0.1) is 0 Å². The first kappa shape index (κ1) is 9.77. The van der Waals surface area contributed by atoms with Gasteiger partial charge in [0.2, 0.25) is 0 Å². The van der Waals surface area contributed by atoms with Gasteiger partial charge in [0.25, 0.3) is 0 Å². The van der Waals surface area contributed by atoms with Crippen LogP contribution in [-0.4, -0.2) is 9.78 Å². The molecule has 2 N–H and O–H groups in total. The highest BCUT2D eigenvalue weighted by Crippen LogP contribution is 2.30. The standard InChI is InChI=1S/C12H15N3/c1-8-6-4-5-7-10(8)11-9(2)15(3)14-12(11)13/h4-7H,1-3H3,(H2,13,14). The number of anilines is 1. The minimum Gasteiger partial charge on any atom is -0.382 e. The summed E-state index contributed by atoms with van der Waals surface area (Å²) < 4.78 is 1.82. The fraction of sp³-hybridized carbons (Fsp3) is 0.250. The van der Waals surface area contributed by atoms with E-state index in [1.54, 1.807) is 0 Å². The minimum absolute atomic E-state index is 0.601. The Morgan fingerprint density at radius 3 is 2.40 bits per heavy atom. The molecule has 2 aromatic rings. The maximum Gasteiger partial charge on any atom is 0.153 e. The van der Waals surface area contributed by atoms with Crippen molar-refractivity contribution in [3.63, 3.8) is 0 Å². The molecule has 1 aromatic heterocycles. The minimum atomic E-state index is 0.601. The highest BCUT2D eigenvalue weighted by molar-refractivity contribution is 5.78. The summed E-state index contributed by atoms with van der Waals surface area (Å²) in [6, 6.07) is 8.21. The van der Waals surface area contributed by atoms with Crippen molar-refractivity contribution in [2.24, 2.45) is 7.05 Å². The third-order valence-corrected chi connectivity index (χ3v) is 2.78. The van der Waals surface area contributed by atoms with E-state index in [2.05, 4.69) is 24.2 Å². The lowest BCUT2D eigenvalue weighted by Crippen LogP contribution is -1.93. The normalized spacial score (nSPS) is 10.6. The van der Waals surface area contributed by atoms with Crippen LogP contribution in [0.15, 0.2) is 24.3 Å². The van der Waals surface area contributed by atoms with E-state index in [9.17, 15) is 0 Å². The molecular weight excluding hydrogens is 186 g/mol. The van der Waals surface area contributed by atoms with Gasteiger partial charge in [0.15, 0.2) is 5.82 Å². The lowest BCUT2D eigenvalue weighted by Gasteiger charge is -2.05. The van der Waals surface area contributed by atoms with E-state index in [1.165, 1.54) is 11.1 Å². The van der Waals surface area contributed by atoms with E-state index in [0.29, 0.717) is 5.82 Å². The van der Waals surface area contributed by atoms with Crippen molar-refractivity contribution < 1.29 is 0 Å². The number of benzene rings is 1. The second-order valence-corrected chi connectivity index (χ2v) is 3.78. The van der Waals surface area contributed by atoms with Gasteiger partial charge in [0.05, 0.1) is 0 Å². The highest BCUT2D eigenvalue weighted by Gasteiger charge is 2.13. The molecule has 0 aliphatic heterocycles. The van der Waals surface area contributed by atoms with Gasteiger partial charge in [0, 0.05) is 18.3 Å². The van der Waals surface area contributed by atoms with Crippen molar-refractivity contribution in [3.05, 3.63) is 35.5 Å². The van der Waals surface area contributed by atoms with Gasteiger partial charge in [-0.25, -0.2) is 0 Å². The smallest absolute Gasteiger partial charge is 0.153 e. The molecular formula is C12H15N3. The lowest BCUT2D eigenvalue weighted by atomic mass is 10.0. The lowest BCUT2D eigenvalue weighted by molar-refractivity contribution is 0.744. The Labute approximate surface area is 89.5 Å². The molecule has 0 saturated carbocycles. The molecule has 0 aliphatic carbocycles. The molecule has 0 radical (unpaired) electrons. The zero-order valence-corrected chi connectivity index (χ0v) is 9.28. The first-order valence-electron chi connectivity index (χ1n) is 4.96. The summed E-state index contributed by atoms with van der Waals surface area (Å²) in [5, 5.41) is 4.22. The van der Waals surface area contributed by atoms with Crippen LogP contribution < -0.4 is 5.73 Å². The van der Waals surface area contributed by atoms with Crippen molar-refractivity contribution in [2.45, 2.75) is 13.8 Å². The molecule has 78 valence electrons. The van der Waals surface area contributed by atoms with Gasteiger partial charge in [0.1, 0.15) is 0 Å². The molecule has 0 atom stereocenters. The summed E-state index contributed by atoms with van der Waals surface area (Å²) in [4.78, 5) is 0. The Hall–Kier alpha value is -1.77. The fourth-order valence-corrected chi connectivity index (χ4v) is 1.82. The number of hydrogen-bond acceptors (Lipinski definition) is 2. The highest BCUT2D eigenvalue weighted by atomic mass is 15.3. The third-order valence-electron chi connectivity index (χ3n) is 2.78. The number of nitrogens with zero attached hydrogens (tertiary/aromatic N) is 2. The molecule has 1 aromatic carbocycles. The summed E-state index contributed by atoms with van der Waals surface area (Å²) >= 11 is 0. The second kappa shape index (κ2) is 3.42. The van der Waals surface area contributed by atoms with Crippen LogP contribution in [0, 0.1) is 13.8 Å². The van der Waals surface area contributed by atoms with E-state index in [4.69, 9.17) is 5.73 Å². The van der Waals surface area contributed by atoms with Gasteiger partial charge in [-0.3, -0.25) is 4.68 Å². The molecule has 0 fully saturated rings. The first-order chi connectivity index (χ1) is 7.11. The number of nitrogen functional groups attached to an aromatic ring is 1. The quantitative estimate of drug-likeness (QED) is 0.769. The topological polar surface area (TPSA) is 43.8 Å². The van der Waals surface area contributed by atoms with E-state index < -0.39 is 0 Å². The predicted octanol–water partition coefficient (Wildman–Crippen LogP) is 2.29. The number of rotatable bonds is 1. The molecule has 2 rings (SSSR count). The number of nitrogens with two attached hydrogens (primary N) is 1. The Bertz CT molecular complexity index is 498. The zero-order valence-electron chi connectivity index (χ0n) is 9.28. The van der Waals surface area contributed by atoms with Crippen LogP contribution in [0.4, 0.5) is 5.82 Å². The monoisotopic (exact) mass is 201 g/mol. The molecule has 0 unspecified atom stereocenters. The molecule has 15 heavy (non-hydrogen) atoms. The Morgan fingerprint density at radius 2 is 1.87 bits per heavy atom. The van der Waals surface area contributed by atoms with Crippen molar-refractivity contribution in [1.29, 1.82) is 0 Å². The molecule has 0 bridgehead atoms.